The standard InChI is InChI=1S/C20H23F2N3O2/c1-14(2)27-18-9-4-3-8-17(18)23-20(26)25-12-10-24(11-13-25)19-15(21)6-5-7-16(19)22/h3-9,14H,10-13H2,1-2H3,(H,23,26). The highest BCUT2D eigenvalue weighted by Gasteiger charge is 2.25. The quantitative estimate of drug-likeness (QED) is 0.875. The van der Waals surface area contributed by atoms with Crippen molar-refractivity contribution in [1.29, 1.82) is 0 Å². The zero-order chi connectivity index (χ0) is 19.4. The van der Waals surface area contributed by atoms with Crippen LogP contribution in [0.2, 0.25) is 0 Å². The Kier molecular flexibility index (Phi) is 5.78. The number of rotatable bonds is 4. The third kappa shape index (κ3) is 4.48. The van der Waals surface area contributed by atoms with Gasteiger partial charge < -0.3 is 19.9 Å². The van der Waals surface area contributed by atoms with Crippen molar-refractivity contribution >= 4 is 17.4 Å². The molecule has 5 nitrogen and oxygen atoms in total. The summed E-state index contributed by atoms with van der Waals surface area (Å²) in [4.78, 5) is 15.8. The topological polar surface area (TPSA) is 44.8 Å². The number of halogens is 2. The average molecular weight is 375 g/mol. The highest BCUT2D eigenvalue weighted by molar-refractivity contribution is 5.91. The number of ether oxygens (including phenoxy) is 1. The first-order chi connectivity index (χ1) is 13.0. The van der Waals surface area contributed by atoms with Gasteiger partial charge >= 0.3 is 6.03 Å². The number of benzene rings is 2. The Bertz CT molecular complexity index is 785. The SMILES string of the molecule is CC(C)Oc1ccccc1NC(=O)N1CCN(c2c(F)cccc2F)CC1. The number of anilines is 2. The number of amides is 2. The van der Waals surface area contributed by atoms with E-state index in [2.05, 4.69) is 5.32 Å². The van der Waals surface area contributed by atoms with Crippen LogP contribution in [0.5, 0.6) is 5.75 Å². The Morgan fingerprint density at radius 2 is 1.63 bits per heavy atom. The molecule has 1 saturated heterocycles. The molecule has 0 bridgehead atoms. The minimum absolute atomic E-state index is 0.0118. The van der Waals surface area contributed by atoms with Crippen LogP contribution < -0.4 is 15.0 Å². The number of urea groups is 1. The Balaban J connectivity index is 1.63. The zero-order valence-corrected chi connectivity index (χ0v) is 15.4. The fourth-order valence-corrected chi connectivity index (χ4v) is 3.05. The number of hydrogen-bond acceptors (Lipinski definition) is 3. The van der Waals surface area contributed by atoms with Gasteiger partial charge in [-0.3, -0.25) is 0 Å². The van der Waals surface area contributed by atoms with Crippen LogP contribution >= 0.6 is 0 Å². The summed E-state index contributed by atoms with van der Waals surface area (Å²) in [5.74, 6) is -0.576. The fourth-order valence-electron chi connectivity index (χ4n) is 3.05. The Labute approximate surface area is 157 Å². The summed E-state index contributed by atoms with van der Waals surface area (Å²) in [5, 5.41) is 2.86. The first-order valence-corrected chi connectivity index (χ1v) is 8.96. The normalized spacial score (nSPS) is 14.4. The number of nitrogens with zero attached hydrogens (tertiary/aromatic N) is 2. The summed E-state index contributed by atoms with van der Waals surface area (Å²) in [5.41, 5.74) is 0.562. The van der Waals surface area contributed by atoms with Crippen molar-refractivity contribution in [2.45, 2.75) is 20.0 Å². The van der Waals surface area contributed by atoms with Crippen LogP contribution in [0, 0.1) is 11.6 Å². The maximum Gasteiger partial charge on any atom is 0.322 e. The van der Waals surface area contributed by atoms with E-state index in [1.807, 2.05) is 26.0 Å². The number of hydrogen-bond donors (Lipinski definition) is 1. The molecule has 27 heavy (non-hydrogen) atoms. The van der Waals surface area contributed by atoms with Crippen LogP contribution in [0.3, 0.4) is 0 Å². The molecule has 1 fully saturated rings. The van der Waals surface area contributed by atoms with E-state index in [0.717, 1.165) is 0 Å². The second-order valence-electron chi connectivity index (χ2n) is 6.64. The first-order valence-electron chi connectivity index (χ1n) is 8.96. The van der Waals surface area contributed by atoms with Crippen molar-refractivity contribution in [3.05, 3.63) is 54.1 Å². The van der Waals surface area contributed by atoms with Crippen LogP contribution in [0.1, 0.15) is 13.8 Å². The van der Waals surface area contributed by atoms with E-state index >= 15 is 0 Å². The van der Waals surface area contributed by atoms with Crippen molar-refractivity contribution in [2.24, 2.45) is 0 Å². The van der Waals surface area contributed by atoms with E-state index in [9.17, 15) is 13.6 Å². The zero-order valence-electron chi connectivity index (χ0n) is 15.4. The molecular weight excluding hydrogens is 352 g/mol. The molecule has 0 radical (unpaired) electrons. The number of para-hydroxylation sites is 3. The van der Waals surface area contributed by atoms with Crippen LogP contribution in [0.15, 0.2) is 42.5 Å². The summed E-state index contributed by atoms with van der Waals surface area (Å²) in [6.45, 7) is 5.28. The van der Waals surface area contributed by atoms with E-state index in [1.165, 1.54) is 18.2 Å². The summed E-state index contributed by atoms with van der Waals surface area (Å²) in [6, 6.07) is 10.8. The highest BCUT2D eigenvalue weighted by Crippen LogP contribution is 2.26. The molecule has 0 unspecified atom stereocenters. The minimum Gasteiger partial charge on any atom is -0.489 e. The van der Waals surface area contributed by atoms with Gasteiger partial charge in [0.05, 0.1) is 11.8 Å². The third-order valence-corrected chi connectivity index (χ3v) is 4.31. The second kappa shape index (κ2) is 8.24. The van der Waals surface area contributed by atoms with E-state index in [1.54, 1.807) is 21.9 Å². The molecule has 2 aromatic rings. The molecule has 3 rings (SSSR count). The van der Waals surface area contributed by atoms with E-state index in [4.69, 9.17) is 4.74 Å². The molecule has 0 atom stereocenters. The lowest BCUT2D eigenvalue weighted by molar-refractivity contribution is 0.207. The van der Waals surface area contributed by atoms with Gasteiger partial charge in [0.25, 0.3) is 0 Å². The molecule has 0 aliphatic carbocycles. The summed E-state index contributed by atoms with van der Waals surface area (Å²) in [7, 11) is 0. The second-order valence-corrected chi connectivity index (χ2v) is 6.64. The number of piperazine rings is 1. The van der Waals surface area contributed by atoms with Gasteiger partial charge in [-0.25, -0.2) is 13.6 Å². The fraction of sp³-hybridized carbons (Fsp3) is 0.350. The number of nitrogens with one attached hydrogen (secondary N) is 1. The predicted octanol–water partition coefficient (Wildman–Crippen LogP) is 4.11. The molecule has 1 aliphatic heterocycles. The Hall–Kier alpha value is -2.83. The molecule has 144 valence electrons. The molecule has 2 aromatic carbocycles. The summed E-state index contributed by atoms with van der Waals surface area (Å²) in [6.07, 6.45) is -0.0118. The lowest BCUT2D eigenvalue weighted by atomic mass is 10.2. The van der Waals surface area contributed by atoms with Crippen molar-refractivity contribution < 1.29 is 18.3 Å². The lowest BCUT2D eigenvalue weighted by Gasteiger charge is -2.36. The molecule has 0 saturated carbocycles. The van der Waals surface area contributed by atoms with E-state index < -0.39 is 11.6 Å². The minimum atomic E-state index is -0.590. The third-order valence-electron chi connectivity index (χ3n) is 4.31. The van der Waals surface area contributed by atoms with Gasteiger partial charge in [0.1, 0.15) is 23.1 Å². The predicted molar refractivity (Wildman–Crippen MR) is 101 cm³/mol. The van der Waals surface area contributed by atoms with Gasteiger partial charge in [0.2, 0.25) is 0 Å². The number of carbonyl (C=O) groups is 1. The van der Waals surface area contributed by atoms with Gasteiger partial charge in [-0.1, -0.05) is 18.2 Å². The lowest BCUT2D eigenvalue weighted by Crippen LogP contribution is -2.50. The van der Waals surface area contributed by atoms with Crippen LogP contribution in [-0.4, -0.2) is 43.2 Å². The average Bonchev–Trinajstić information content (AvgIpc) is 2.63. The van der Waals surface area contributed by atoms with E-state index in [0.29, 0.717) is 37.6 Å². The smallest absolute Gasteiger partial charge is 0.322 e. The van der Waals surface area contributed by atoms with E-state index in [-0.39, 0.29) is 17.8 Å². The van der Waals surface area contributed by atoms with Crippen molar-refractivity contribution in [2.75, 3.05) is 36.4 Å². The van der Waals surface area contributed by atoms with Crippen LogP contribution in [-0.2, 0) is 0 Å². The highest BCUT2D eigenvalue weighted by atomic mass is 19.1. The van der Waals surface area contributed by atoms with Gasteiger partial charge in [-0.2, -0.15) is 0 Å². The molecule has 1 aliphatic rings. The number of carbonyl (C=O) groups excluding carboxylic acids is 1. The molecule has 1 N–H and O–H groups in total. The Morgan fingerprint density at radius 1 is 1.00 bits per heavy atom. The maximum atomic E-state index is 13.9. The molecule has 1 heterocycles. The molecule has 2 amide bonds. The van der Waals surface area contributed by atoms with Crippen LogP contribution in [0.4, 0.5) is 25.0 Å². The van der Waals surface area contributed by atoms with Gasteiger partial charge in [0.15, 0.2) is 0 Å². The Morgan fingerprint density at radius 3 is 2.26 bits per heavy atom. The molecule has 0 aromatic heterocycles. The summed E-state index contributed by atoms with van der Waals surface area (Å²) < 4.78 is 33.6. The largest absolute Gasteiger partial charge is 0.489 e. The molecule has 0 spiro atoms. The monoisotopic (exact) mass is 375 g/mol. The van der Waals surface area contributed by atoms with Crippen LogP contribution in [0.25, 0.3) is 0 Å². The molecule has 7 heteroatoms. The van der Waals surface area contributed by atoms with Crippen molar-refractivity contribution in [3.8, 4) is 5.75 Å². The van der Waals surface area contributed by atoms with Crippen molar-refractivity contribution in [3.63, 3.8) is 0 Å². The molecular formula is C20H23F2N3O2. The maximum absolute atomic E-state index is 13.9. The van der Waals surface area contributed by atoms with Gasteiger partial charge in [-0.05, 0) is 38.1 Å². The van der Waals surface area contributed by atoms with Gasteiger partial charge in [0, 0.05) is 26.2 Å². The first kappa shape index (κ1) is 18.9. The summed E-state index contributed by atoms with van der Waals surface area (Å²) >= 11 is 0. The van der Waals surface area contributed by atoms with Gasteiger partial charge in [-0.15, -0.1) is 0 Å². The van der Waals surface area contributed by atoms with Crippen molar-refractivity contribution in [1.82, 2.24) is 4.90 Å².